The molecule has 0 aliphatic carbocycles. The van der Waals surface area contributed by atoms with E-state index in [0.29, 0.717) is 44.0 Å². The molecule has 0 bridgehead atoms. The molecule has 128 valence electrons. The fourth-order valence-corrected chi connectivity index (χ4v) is 4.19. The van der Waals surface area contributed by atoms with Crippen LogP contribution in [0, 0.1) is 0 Å². The summed E-state index contributed by atoms with van der Waals surface area (Å²) in [5.41, 5.74) is 5.66. The van der Waals surface area contributed by atoms with Crippen LogP contribution in [0.5, 0.6) is 0 Å². The van der Waals surface area contributed by atoms with Crippen molar-refractivity contribution < 1.29 is 13.2 Å². The van der Waals surface area contributed by atoms with Crippen LogP contribution in [0.1, 0.15) is 19.8 Å². The quantitative estimate of drug-likeness (QED) is 0.858. The summed E-state index contributed by atoms with van der Waals surface area (Å²) in [5, 5.41) is 0.385. The minimum absolute atomic E-state index is 0.0107. The number of rotatable bonds is 5. The highest BCUT2D eigenvalue weighted by Crippen LogP contribution is 2.21. The number of benzene rings is 1. The van der Waals surface area contributed by atoms with Gasteiger partial charge in [-0.2, -0.15) is 4.31 Å². The molecular weight excluding hydrogens is 338 g/mol. The van der Waals surface area contributed by atoms with Crippen molar-refractivity contribution in [2.75, 3.05) is 26.2 Å². The summed E-state index contributed by atoms with van der Waals surface area (Å²) in [6, 6.07) is 6.21. The molecule has 1 aliphatic heterocycles. The van der Waals surface area contributed by atoms with Crippen LogP contribution in [-0.2, 0) is 14.8 Å². The Balaban J connectivity index is 1.97. The Morgan fingerprint density at radius 1 is 1.30 bits per heavy atom. The van der Waals surface area contributed by atoms with Gasteiger partial charge in [-0.1, -0.05) is 17.7 Å². The van der Waals surface area contributed by atoms with E-state index in [0.717, 1.165) is 0 Å². The third-order valence-electron chi connectivity index (χ3n) is 3.84. The Bertz CT molecular complexity index is 656. The highest BCUT2D eigenvalue weighted by Gasteiger charge is 2.30. The molecule has 1 unspecified atom stereocenters. The molecular formula is C15H22ClN3O3S. The monoisotopic (exact) mass is 359 g/mol. The second-order valence-electron chi connectivity index (χ2n) is 5.76. The van der Waals surface area contributed by atoms with Gasteiger partial charge in [-0.05, 0) is 31.5 Å². The molecule has 1 aliphatic rings. The van der Waals surface area contributed by atoms with E-state index in [1.807, 2.05) is 6.92 Å². The maximum Gasteiger partial charge on any atom is 0.243 e. The second-order valence-corrected chi connectivity index (χ2v) is 8.13. The molecule has 2 N–H and O–H groups in total. The van der Waals surface area contributed by atoms with Gasteiger partial charge >= 0.3 is 0 Å². The first-order valence-corrected chi connectivity index (χ1v) is 9.41. The van der Waals surface area contributed by atoms with Crippen molar-refractivity contribution in [3.63, 3.8) is 0 Å². The van der Waals surface area contributed by atoms with Crippen molar-refractivity contribution in [2.45, 2.75) is 30.7 Å². The van der Waals surface area contributed by atoms with E-state index < -0.39 is 10.0 Å². The maximum absolute atomic E-state index is 12.6. The number of hydrogen-bond acceptors (Lipinski definition) is 4. The molecule has 1 heterocycles. The zero-order valence-corrected chi connectivity index (χ0v) is 14.7. The molecule has 0 saturated carbocycles. The Labute approximate surface area is 142 Å². The summed E-state index contributed by atoms with van der Waals surface area (Å²) < 4.78 is 26.6. The SMILES string of the molecule is CC(N)CCC(=O)N1CCN(S(=O)(=O)c2cccc(Cl)c2)CC1. The number of amides is 1. The largest absolute Gasteiger partial charge is 0.340 e. The lowest BCUT2D eigenvalue weighted by Gasteiger charge is -2.34. The number of hydrogen-bond donors (Lipinski definition) is 1. The van der Waals surface area contributed by atoms with Crippen LogP contribution in [0.25, 0.3) is 0 Å². The predicted octanol–water partition coefficient (Wildman–Crippen LogP) is 1.30. The van der Waals surface area contributed by atoms with Crippen LogP contribution in [0.3, 0.4) is 0 Å². The van der Waals surface area contributed by atoms with Gasteiger partial charge in [-0.25, -0.2) is 8.42 Å². The van der Waals surface area contributed by atoms with E-state index in [4.69, 9.17) is 17.3 Å². The first kappa shape index (κ1) is 18.2. The zero-order valence-electron chi connectivity index (χ0n) is 13.1. The van der Waals surface area contributed by atoms with E-state index >= 15 is 0 Å². The number of nitrogens with zero attached hydrogens (tertiary/aromatic N) is 2. The lowest BCUT2D eigenvalue weighted by Crippen LogP contribution is -2.50. The van der Waals surface area contributed by atoms with E-state index in [9.17, 15) is 13.2 Å². The first-order valence-electron chi connectivity index (χ1n) is 7.60. The molecule has 0 spiro atoms. The summed E-state index contributed by atoms with van der Waals surface area (Å²) in [6.07, 6.45) is 1.04. The lowest BCUT2D eigenvalue weighted by molar-refractivity contribution is -0.132. The molecule has 2 rings (SSSR count). The minimum Gasteiger partial charge on any atom is -0.340 e. The molecule has 1 atom stereocenters. The average Bonchev–Trinajstić information content (AvgIpc) is 2.52. The molecule has 1 aromatic rings. The molecule has 1 fully saturated rings. The Morgan fingerprint density at radius 3 is 2.52 bits per heavy atom. The number of halogens is 1. The van der Waals surface area contributed by atoms with Gasteiger partial charge in [0.15, 0.2) is 0 Å². The van der Waals surface area contributed by atoms with Gasteiger partial charge in [0.25, 0.3) is 0 Å². The maximum atomic E-state index is 12.6. The van der Waals surface area contributed by atoms with E-state index in [1.54, 1.807) is 17.0 Å². The molecule has 1 saturated heterocycles. The van der Waals surface area contributed by atoms with Gasteiger partial charge in [0.2, 0.25) is 15.9 Å². The Morgan fingerprint density at radius 2 is 1.96 bits per heavy atom. The van der Waals surface area contributed by atoms with Crippen LogP contribution in [0.15, 0.2) is 29.2 Å². The van der Waals surface area contributed by atoms with Crippen molar-refractivity contribution in [2.24, 2.45) is 5.73 Å². The van der Waals surface area contributed by atoms with Crippen LogP contribution in [0.2, 0.25) is 5.02 Å². The van der Waals surface area contributed by atoms with Gasteiger partial charge in [0.05, 0.1) is 4.90 Å². The van der Waals surface area contributed by atoms with Gasteiger partial charge in [-0.3, -0.25) is 4.79 Å². The highest BCUT2D eigenvalue weighted by molar-refractivity contribution is 7.89. The standard InChI is InChI=1S/C15H22ClN3O3S/c1-12(17)5-6-15(20)18-7-9-19(10-8-18)23(21,22)14-4-2-3-13(16)11-14/h2-4,11-12H,5-10,17H2,1H3. The highest BCUT2D eigenvalue weighted by atomic mass is 35.5. The lowest BCUT2D eigenvalue weighted by atomic mass is 10.2. The summed E-state index contributed by atoms with van der Waals surface area (Å²) >= 11 is 5.87. The number of piperazine rings is 1. The van der Waals surface area contributed by atoms with Crippen LogP contribution < -0.4 is 5.73 Å². The van der Waals surface area contributed by atoms with Crippen molar-refractivity contribution in [1.82, 2.24) is 9.21 Å². The smallest absolute Gasteiger partial charge is 0.243 e. The number of sulfonamides is 1. The summed E-state index contributed by atoms with van der Waals surface area (Å²) in [6.45, 7) is 3.25. The third-order valence-corrected chi connectivity index (χ3v) is 5.97. The average molecular weight is 360 g/mol. The van der Waals surface area contributed by atoms with Crippen LogP contribution in [-0.4, -0.2) is 55.8 Å². The minimum atomic E-state index is -3.57. The van der Waals surface area contributed by atoms with E-state index in [2.05, 4.69) is 0 Å². The van der Waals surface area contributed by atoms with Crippen molar-refractivity contribution in [3.05, 3.63) is 29.3 Å². The van der Waals surface area contributed by atoms with Crippen molar-refractivity contribution >= 4 is 27.5 Å². The van der Waals surface area contributed by atoms with E-state index in [-0.39, 0.29) is 16.8 Å². The summed E-state index contributed by atoms with van der Waals surface area (Å²) in [7, 11) is -3.57. The zero-order chi connectivity index (χ0) is 17.0. The molecule has 1 aromatic carbocycles. The van der Waals surface area contributed by atoms with Gasteiger partial charge in [0.1, 0.15) is 0 Å². The van der Waals surface area contributed by atoms with E-state index in [1.165, 1.54) is 16.4 Å². The second kappa shape index (κ2) is 7.61. The Kier molecular flexibility index (Phi) is 6.02. The van der Waals surface area contributed by atoms with Crippen LogP contribution >= 0.6 is 11.6 Å². The Hall–Kier alpha value is -1.15. The fourth-order valence-electron chi connectivity index (χ4n) is 2.46. The normalized spacial score (nSPS) is 18.0. The molecule has 0 aromatic heterocycles. The predicted molar refractivity (Wildman–Crippen MR) is 89.7 cm³/mol. The van der Waals surface area contributed by atoms with Gasteiger partial charge < -0.3 is 10.6 Å². The summed E-state index contributed by atoms with van der Waals surface area (Å²) in [5.74, 6) is 0.0297. The van der Waals surface area contributed by atoms with Crippen molar-refractivity contribution in [3.8, 4) is 0 Å². The van der Waals surface area contributed by atoms with Crippen molar-refractivity contribution in [1.29, 1.82) is 0 Å². The molecule has 23 heavy (non-hydrogen) atoms. The van der Waals surface area contributed by atoms with Gasteiger partial charge in [-0.15, -0.1) is 0 Å². The molecule has 8 heteroatoms. The third kappa shape index (κ3) is 4.67. The first-order chi connectivity index (χ1) is 10.8. The number of carbonyl (C=O) groups is 1. The molecule has 0 radical (unpaired) electrons. The fraction of sp³-hybridized carbons (Fsp3) is 0.533. The van der Waals surface area contributed by atoms with Crippen LogP contribution in [0.4, 0.5) is 0 Å². The number of carbonyl (C=O) groups excluding carboxylic acids is 1. The molecule has 1 amide bonds. The summed E-state index contributed by atoms with van der Waals surface area (Å²) in [4.78, 5) is 13.9. The molecule has 6 nitrogen and oxygen atoms in total. The van der Waals surface area contributed by atoms with Gasteiger partial charge in [0, 0.05) is 43.7 Å². The topological polar surface area (TPSA) is 83.7 Å². The number of nitrogens with two attached hydrogens (primary N) is 1.